The SMILES string of the molecule is CC.COC(=O)C1CCC12CCc1ccc(O)cc12. The molecule has 2 atom stereocenters. The predicted octanol–water partition coefficient (Wildman–Crippen LogP) is 3.19. The molecule has 1 fully saturated rings. The van der Waals surface area contributed by atoms with Crippen molar-refractivity contribution in [2.75, 3.05) is 7.11 Å². The largest absolute Gasteiger partial charge is 0.508 e. The molecule has 1 N–H and O–H groups in total. The zero-order valence-corrected chi connectivity index (χ0v) is 11.9. The second-order valence-electron chi connectivity index (χ2n) is 5.11. The van der Waals surface area contributed by atoms with Crippen LogP contribution >= 0.6 is 0 Å². The summed E-state index contributed by atoms with van der Waals surface area (Å²) in [6, 6.07) is 5.53. The van der Waals surface area contributed by atoms with Crippen molar-refractivity contribution in [1.29, 1.82) is 0 Å². The number of methoxy groups -OCH3 is 1. The number of phenolic OH excluding ortho intramolecular Hbond substituents is 1. The van der Waals surface area contributed by atoms with Crippen molar-refractivity contribution in [1.82, 2.24) is 0 Å². The first-order chi connectivity index (χ1) is 9.17. The number of carbonyl (C=O) groups excluding carboxylic acids is 1. The highest BCUT2D eigenvalue weighted by atomic mass is 16.5. The molecule has 3 heteroatoms. The van der Waals surface area contributed by atoms with E-state index < -0.39 is 0 Å². The Hall–Kier alpha value is -1.51. The number of aryl methyl sites for hydroxylation is 1. The first-order valence-electron chi connectivity index (χ1n) is 7.07. The lowest BCUT2D eigenvalue weighted by Gasteiger charge is -2.46. The lowest BCUT2D eigenvalue weighted by Crippen LogP contribution is -2.47. The summed E-state index contributed by atoms with van der Waals surface area (Å²) in [4.78, 5) is 11.8. The maximum atomic E-state index is 11.8. The number of rotatable bonds is 1. The van der Waals surface area contributed by atoms with Crippen molar-refractivity contribution in [3.05, 3.63) is 29.3 Å². The van der Waals surface area contributed by atoms with Crippen LogP contribution in [-0.4, -0.2) is 18.2 Å². The van der Waals surface area contributed by atoms with E-state index in [1.165, 1.54) is 18.2 Å². The minimum Gasteiger partial charge on any atom is -0.508 e. The van der Waals surface area contributed by atoms with Crippen molar-refractivity contribution in [3.8, 4) is 5.75 Å². The second kappa shape index (κ2) is 5.24. The van der Waals surface area contributed by atoms with Gasteiger partial charge in [-0.1, -0.05) is 19.9 Å². The summed E-state index contributed by atoms with van der Waals surface area (Å²) in [6.07, 6.45) is 3.94. The summed E-state index contributed by atoms with van der Waals surface area (Å²) in [6.45, 7) is 4.00. The van der Waals surface area contributed by atoms with Gasteiger partial charge in [0.05, 0.1) is 13.0 Å². The van der Waals surface area contributed by atoms with Gasteiger partial charge in [-0.15, -0.1) is 0 Å². The van der Waals surface area contributed by atoms with E-state index in [2.05, 4.69) is 0 Å². The molecule has 2 unspecified atom stereocenters. The van der Waals surface area contributed by atoms with Gasteiger partial charge in [0.1, 0.15) is 5.75 Å². The molecular weight excluding hydrogens is 240 g/mol. The summed E-state index contributed by atoms with van der Waals surface area (Å²) in [7, 11) is 1.45. The van der Waals surface area contributed by atoms with Crippen LogP contribution in [0.2, 0.25) is 0 Å². The fraction of sp³-hybridized carbons (Fsp3) is 0.562. The van der Waals surface area contributed by atoms with Crippen LogP contribution in [0.15, 0.2) is 18.2 Å². The molecular formula is C16H22O3. The Morgan fingerprint density at radius 1 is 1.37 bits per heavy atom. The maximum absolute atomic E-state index is 11.8. The molecule has 3 nitrogen and oxygen atoms in total. The number of aromatic hydroxyl groups is 1. The van der Waals surface area contributed by atoms with Crippen molar-refractivity contribution in [2.45, 2.75) is 44.9 Å². The molecule has 19 heavy (non-hydrogen) atoms. The maximum Gasteiger partial charge on any atom is 0.309 e. The zero-order valence-electron chi connectivity index (χ0n) is 11.9. The number of hydrogen-bond acceptors (Lipinski definition) is 3. The van der Waals surface area contributed by atoms with E-state index in [9.17, 15) is 9.90 Å². The van der Waals surface area contributed by atoms with E-state index >= 15 is 0 Å². The van der Waals surface area contributed by atoms with Crippen LogP contribution < -0.4 is 0 Å². The van der Waals surface area contributed by atoms with Crippen LogP contribution in [0.4, 0.5) is 0 Å². The van der Waals surface area contributed by atoms with Gasteiger partial charge in [0.2, 0.25) is 0 Å². The molecule has 0 aliphatic heterocycles. The highest BCUT2D eigenvalue weighted by molar-refractivity contribution is 5.77. The first kappa shape index (κ1) is 13.9. The molecule has 2 aliphatic carbocycles. The number of phenols is 1. The van der Waals surface area contributed by atoms with Gasteiger partial charge in [0, 0.05) is 5.41 Å². The number of ether oxygens (including phenoxy) is 1. The second-order valence-corrected chi connectivity index (χ2v) is 5.11. The quantitative estimate of drug-likeness (QED) is 0.791. The monoisotopic (exact) mass is 262 g/mol. The summed E-state index contributed by atoms with van der Waals surface area (Å²) >= 11 is 0. The van der Waals surface area contributed by atoms with Crippen LogP contribution in [0.3, 0.4) is 0 Å². The Kier molecular flexibility index (Phi) is 3.83. The summed E-state index contributed by atoms with van der Waals surface area (Å²) in [5, 5.41) is 9.61. The van der Waals surface area contributed by atoms with Crippen molar-refractivity contribution in [2.24, 2.45) is 5.92 Å². The number of benzene rings is 1. The lowest BCUT2D eigenvalue weighted by molar-refractivity contribution is -0.153. The fourth-order valence-corrected chi connectivity index (χ4v) is 3.48. The smallest absolute Gasteiger partial charge is 0.309 e. The third kappa shape index (κ3) is 2.01. The molecule has 0 heterocycles. The molecule has 1 aromatic carbocycles. The van der Waals surface area contributed by atoms with Crippen LogP contribution in [0.25, 0.3) is 0 Å². The Morgan fingerprint density at radius 2 is 2.11 bits per heavy atom. The van der Waals surface area contributed by atoms with Crippen molar-refractivity contribution in [3.63, 3.8) is 0 Å². The normalized spacial score (nSPS) is 27.0. The summed E-state index contributed by atoms with van der Waals surface area (Å²) in [5.41, 5.74) is 2.39. The van der Waals surface area contributed by atoms with Gasteiger partial charge in [-0.2, -0.15) is 0 Å². The molecule has 1 spiro atoms. The van der Waals surface area contributed by atoms with Crippen LogP contribution in [0, 0.1) is 5.92 Å². The highest BCUT2D eigenvalue weighted by Crippen LogP contribution is 2.57. The van der Waals surface area contributed by atoms with Gasteiger partial charge in [-0.25, -0.2) is 0 Å². The summed E-state index contributed by atoms with van der Waals surface area (Å²) in [5.74, 6) is 0.170. The minimum atomic E-state index is -0.104. The zero-order chi connectivity index (χ0) is 14.0. The van der Waals surface area contributed by atoms with Crippen molar-refractivity contribution < 1.29 is 14.6 Å². The minimum absolute atomic E-state index is 0.0180. The lowest BCUT2D eigenvalue weighted by atomic mass is 9.57. The van der Waals surface area contributed by atoms with E-state index in [4.69, 9.17) is 4.74 Å². The van der Waals surface area contributed by atoms with Crippen LogP contribution in [0.1, 0.15) is 44.2 Å². The summed E-state index contributed by atoms with van der Waals surface area (Å²) < 4.78 is 4.88. The van der Waals surface area contributed by atoms with Gasteiger partial charge in [0.25, 0.3) is 0 Å². The molecule has 1 saturated carbocycles. The molecule has 0 saturated heterocycles. The molecule has 2 aliphatic rings. The van der Waals surface area contributed by atoms with E-state index in [1.807, 2.05) is 26.0 Å². The van der Waals surface area contributed by atoms with E-state index in [1.54, 1.807) is 6.07 Å². The predicted molar refractivity (Wildman–Crippen MR) is 74.2 cm³/mol. The standard InChI is InChI=1S/C14H16O3.C2H6/c1-17-13(16)11-5-7-14(11)6-4-9-2-3-10(15)8-12(9)14;1-2/h2-3,8,11,15H,4-7H2,1H3;1-2H3. The molecule has 0 aromatic heterocycles. The van der Waals surface area contributed by atoms with Crippen LogP contribution in [-0.2, 0) is 21.4 Å². The van der Waals surface area contributed by atoms with Gasteiger partial charge in [0.15, 0.2) is 0 Å². The van der Waals surface area contributed by atoms with Crippen LogP contribution in [0.5, 0.6) is 5.75 Å². The van der Waals surface area contributed by atoms with Gasteiger partial charge in [-0.3, -0.25) is 4.79 Å². The average molecular weight is 262 g/mol. The number of carbonyl (C=O) groups is 1. The number of esters is 1. The molecule has 3 rings (SSSR count). The first-order valence-corrected chi connectivity index (χ1v) is 7.07. The van der Waals surface area contributed by atoms with Crippen molar-refractivity contribution >= 4 is 5.97 Å². The van der Waals surface area contributed by atoms with Gasteiger partial charge < -0.3 is 9.84 Å². The van der Waals surface area contributed by atoms with Gasteiger partial charge >= 0.3 is 5.97 Å². The Morgan fingerprint density at radius 3 is 2.68 bits per heavy atom. The molecule has 0 amide bonds. The third-order valence-corrected chi connectivity index (χ3v) is 4.50. The van der Waals surface area contributed by atoms with E-state index in [-0.39, 0.29) is 17.3 Å². The van der Waals surface area contributed by atoms with Gasteiger partial charge in [-0.05, 0) is 48.9 Å². The van der Waals surface area contributed by atoms with E-state index in [0.29, 0.717) is 5.75 Å². The Balaban J connectivity index is 0.000000637. The highest BCUT2D eigenvalue weighted by Gasteiger charge is 2.55. The number of hydrogen-bond donors (Lipinski definition) is 1. The molecule has 0 radical (unpaired) electrons. The molecule has 1 aromatic rings. The molecule has 104 valence electrons. The third-order valence-electron chi connectivity index (χ3n) is 4.50. The molecule has 0 bridgehead atoms. The Bertz CT molecular complexity index is 481. The average Bonchev–Trinajstić information content (AvgIpc) is 2.80. The van der Waals surface area contributed by atoms with E-state index in [0.717, 1.165) is 25.7 Å². The number of fused-ring (bicyclic) bond motifs is 2. The topological polar surface area (TPSA) is 46.5 Å². The Labute approximate surface area is 114 Å². The fourth-order valence-electron chi connectivity index (χ4n) is 3.48.